The zero-order chi connectivity index (χ0) is 18.0. The lowest BCUT2D eigenvalue weighted by Gasteiger charge is -2.21. The molecule has 0 saturated heterocycles. The van der Waals surface area contributed by atoms with Crippen LogP contribution < -0.4 is 11.1 Å². The van der Waals surface area contributed by atoms with Gasteiger partial charge in [-0.3, -0.25) is 14.4 Å². The van der Waals surface area contributed by atoms with Crippen LogP contribution in [-0.4, -0.2) is 23.9 Å². The summed E-state index contributed by atoms with van der Waals surface area (Å²) < 4.78 is 5.29. The van der Waals surface area contributed by atoms with E-state index in [4.69, 9.17) is 10.5 Å². The van der Waals surface area contributed by atoms with E-state index in [-0.39, 0.29) is 5.97 Å². The molecule has 2 aliphatic rings. The number of nitrogens with two attached hydrogens (primary N) is 1. The van der Waals surface area contributed by atoms with Crippen LogP contribution in [0.2, 0.25) is 0 Å². The lowest BCUT2D eigenvalue weighted by atomic mass is 9.86. The first-order chi connectivity index (χ1) is 11.9. The van der Waals surface area contributed by atoms with Gasteiger partial charge < -0.3 is 15.8 Å². The van der Waals surface area contributed by atoms with Crippen LogP contribution in [0.25, 0.3) is 0 Å². The van der Waals surface area contributed by atoms with Crippen LogP contribution in [-0.2, 0) is 14.3 Å². The second kappa shape index (κ2) is 7.25. The second-order valence-corrected chi connectivity index (χ2v) is 7.20. The van der Waals surface area contributed by atoms with E-state index in [1.54, 1.807) is 19.1 Å². The molecule has 4 atom stereocenters. The number of primary amides is 1. The first-order valence-corrected chi connectivity index (χ1v) is 8.82. The average molecular weight is 344 g/mol. The zero-order valence-electron chi connectivity index (χ0n) is 14.4. The van der Waals surface area contributed by atoms with E-state index in [0.29, 0.717) is 29.5 Å². The largest absolute Gasteiger partial charge is 0.453 e. The van der Waals surface area contributed by atoms with E-state index in [0.717, 1.165) is 12.3 Å². The minimum absolute atomic E-state index is 0.302. The Morgan fingerprint density at radius 2 is 1.92 bits per heavy atom. The van der Waals surface area contributed by atoms with E-state index in [9.17, 15) is 14.4 Å². The summed E-state index contributed by atoms with van der Waals surface area (Å²) >= 11 is 0. The van der Waals surface area contributed by atoms with Crippen molar-refractivity contribution in [2.24, 2.45) is 23.5 Å². The maximum Gasteiger partial charge on any atom is 0.306 e. The van der Waals surface area contributed by atoms with Gasteiger partial charge in [0.25, 0.3) is 5.91 Å². The molecule has 0 aliphatic heterocycles. The van der Waals surface area contributed by atoms with Crippen LogP contribution in [0.3, 0.4) is 0 Å². The molecule has 2 aliphatic carbocycles. The van der Waals surface area contributed by atoms with Gasteiger partial charge in [-0.15, -0.1) is 0 Å². The van der Waals surface area contributed by atoms with Gasteiger partial charge in [-0.05, 0) is 68.2 Å². The third-order valence-electron chi connectivity index (χ3n) is 5.43. The number of carbonyl (C=O) groups is 3. The number of hydrogen-bond donors (Lipinski definition) is 2. The Kier molecular flexibility index (Phi) is 5.06. The Morgan fingerprint density at radius 3 is 2.48 bits per heavy atom. The summed E-state index contributed by atoms with van der Waals surface area (Å²) in [5.41, 5.74) is 6.06. The van der Waals surface area contributed by atoms with Crippen molar-refractivity contribution in [1.29, 1.82) is 0 Å². The first kappa shape index (κ1) is 17.5. The molecular weight excluding hydrogens is 320 g/mol. The zero-order valence-corrected chi connectivity index (χ0v) is 14.4. The van der Waals surface area contributed by atoms with Gasteiger partial charge in [0, 0.05) is 17.7 Å². The lowest BCUT2D eigenvalue weighted by molar-refractivity contribution is -0.154. The summed E-state index contributed by atoms with van der Waals surface area (Å²) in [6.07, 6.45) is 4.43. The molecule has 6 heteroatoms. The van der Waals surface area contributed by atoms with Crippen LogP contribution in [0.4, 0.5) is 5.69 Å². The van der Waals surface area contributed by atoms with Gasteiger partial charge in [-0.25, -0.2) is 0 Å². The number of benzene rings is 1. The topological polar surface area (TPSA) is 98.5 Å². The highest BCUT2D eigenvalue weighted by Gasteiger charge is 2.40. The maximum atomic E-state index is 12.2. The lowest BCUT2D eigenvalue weighted by Crippen LogP contribution is -2.31. The van der Waals surface area contributed by atoms with Crippen molar-refractivity contribution in [2.45, 2.75) is 45.1 Å². The fourth-order valence-corrected chi connectivity index (χ4v) is 4.10. The molecule has 0 unspecified atom stereocenters. The number of rotatable bonds is 6. The van der Waals surface area contributed by atoms with Gasteiger partial charge in [0.15, 0.2) is 6.10 Å². The van der Waals surface area contributed by atoms with E-state index in [1.807, 2.05) is 0 Å². The normalized spacial score (nSPS) is 25.4. The third-order valence-corrected chi connectivity index (χ3v) is 5.43. The van der Waals surface area contributed by atoms with Crippen molar-refractivity contribution in [3.8, 4) is 0 Å². The van der Waals surface area contributed by atoms with Crippen molar-refractivity contribution in [3.63, 3.8) is 0 Å². The summed E-state index contributed by atoms with van der Waals surface area (Å²) in [5, 5.41) is 2.67. The molecular formula is C19H24N2O4. The standard InChI is InChI=1S/C19H24N2O4/c1-11(19(24)21-16-6-4-13(5-7-16)18(20)23)25-17(22)10-15-9-12-2-3-14(15)8-12/h4-7,11-12,14-15H,2-3,8-10H2,1H3,(H2,20,23)(H,21,24)/t11-,12-,14-,15-/m0/s1. The molecule has 0 aromatic heterocycles. The summed E-state index contributed by atoms with van der Waals surface area (Å²) in [6.45, 7) is 1.56. The van der Waals surface area contributed by atoms with Crippen LogP contribution in [0.5, 0.6) is 0 Å². The summed E-state index contributed by atoms with van der Waals surface area (Å²) in [4.78, 5) is 35.3. The van der Waals surface area contributed by atoms with E-state index in [2.05, 4.69) is 5.32 Å². The number of amides is 2. The fraction of sp³-hybridized carbons (Fsp3) is 0.526. The van der Waals surface area contributed by atoms with Crippen LogP contribution >= 0.6 is 0 Å². The Morgan fingerprint density at radius 1 is 1.20 bits per heavy atom. The maximum absolute atomic E-state index is 12.2. The molecule has 134 valence electrons. The molecule has 1 aromatic carbocycles. The van der Waals surface area contributed by atoms with Gasteiger partial charge in [0.1, 0.15) is 0 Å². The molecule has 3 rings (SSSR count). The summed E-state index contributed by atoms with van der Waals surface area (Å²) in [7, 11) is 0. The van der Waals surface area contributed by atoms with Crippen molar-refractivity contribution in [3.05, 3.63) is 29.8 Å². The van der Waals surface area contributed by atoms with Crippen LogP contribution in [0.1, 0.15) is 49.4 Å². The predicted molar refractivity (Wildman–Crippen MR) is 92.7 cm³/mol. The number of fused-ring (bicyclic) bond motifs is 2. The van der Waals surface area contributed by atoms with E-state index >= 15 is 0 Å². The van der Waals surface area contributed by atoms with Gasteiger partial charge in [0.05, 0.1) is 0 Å². The molecule has 0 radical (unpaired) electrons. The van der Waals surface area contributed by atoms with Crippen molar-refractivity contribution < 1.29 is 19.1 Å². The number of nitrogens with one attached hydrogen (secondary N) is 1. The number of hydrogen-bond acceptors (Lipinski definition) is 4. The summed E-state index contributed by atoms with van der Waals surface area (Å²) in [5.74, 6) is 0.637. The molecule has 2 bridgehead atoms. The number of ether oxygens (including phenoxy) is 1. The first-order valence-electron chi connectivity index (χ1n) is 8.82. The van der Waals surface area contributed by atoms with Crippen molar-refractivity contribution in [2.75, 3.05) is 5.32 Å². The highest BCUT2D eigenvalue weighted by Crippen LogP contribution is 2.49. The minimum atomic E-state index is -0.859. The molecule has 3 N–H and O–H groups in total. The highest BCUT2D eigenvalue weighted by atomic mass is 16.5. The summed E-state index contributed by atoms with van der Waals surface area (Å²) in [6, 6.07) is 6.23. The Hall–Kier alpha value is -2.37. The fourth-order valence-electron chi connectivity index (χ4n) is 4.10. The Labute approximate surface area is 147 Å². The predicted octanol–water partition coefficient (Wildman–Crippen LogP) is 2.48. The molecule has 6 nitrogen and oxygen atoms in total. The molecule has 2 saturated carbocycles. The smallest absolute Gasteiger partial charge is 0.306 e. The Bertz CT molecular complexity index is 671. The third kappa shape index (κ3) is 4.18. The quantitative estimate of drug-likeness (QED) is 0.775. The number of esters is 1. The minimum Gasteiger partial charge on any atom is -0.453 e. The van der Waals surface area contributed by atoms with E-state index in [1.165, 1.54) is 31.4 Å². The monoisotopic (exact) mass is 344 g/mol. The van der Waals surface area contributed by atoms with Crippen LogP contribution in [0, 0.1) is 17.8 Å². The molecule has 2 fully saturated rings. The van der Waals surface area contributed by atoms with Crippen LogP contribution in [0.15, 0.2) is 24.3 Å². The molecule has 0 heterocycles. The molecule has 0 spiro atoms. The van der Waals surface area contributed by atoms with Gasteiger partial charge in [0.2, 0.25) is 5.91 Å². The average Bonchev–Trinajstić information content (AvgIpc) is 3.17. The Balaban J connectivity index is 1.46. The van der Waals surface area contributed by atoms with E-state index < -0.39 is 17.9 Å². The molecule has 1 aromatic rings. The SMILES string of the molecule is C[C@H](OC(=O)C[C@@H]1C[C@H]2CC[C@H]1C2)C(=O)Nc1ccc(C(N)=O)cc1. The molecule has 25 heavy (non-hydrogen) atoms. The number of carbonyl (C=O) groups excluding carboxylic acids is 3. The van der Waals surface area contributed by atoms with Crippen molar-refractivity contribution in [1.82, 2.24) is 0 Å². The molecule has 2 amide bonds. The number of anilines is 1. The van der Waals surface area contributed by atoms with Gasteiger partial charge in [-0.1, -0.05) is 6.42 Å². The van der Waals surface area contributed by atoms with Gasteiger partial charge >= 0.3 is 5.97 Å². The highest BCUT2D eigenvalue weighted by molar-refractivity contribution is 5.96. The van der Waals surface area contributed by atoms with Crippen molar-refractivity contribution >= 4 is 23.5 Å². The second-order valence-electron chi connectivity index (χ2n) is 7.20. The van der Waals surface area contributed by atoms with Gasteiger partial charge in [-0.2, -0.15) is 0 Å².